The lowest BCUT2D eigenvalue weighted by molar-refractivity contribution is 0.0994. The summed E-state index contributed by atoms with van der Waals surface area (Å²) in [7, 11) is 1.79. The molecule has 0 aliphatic carbocycles. The van der Waals surface area contributed by atoms with Gasteiger partial charge in [0.1, 0.15) is 6.33 Å². The molecule has 0 unspecified atom stereocenters. The summed E-state index contributed by atoms with van der Waals surface area (Å²) >= 11 is 0. The summed E-state index contributed by atoms with van der Waals surface area (Å²) < 4.78 is 1.81. The molecule has 21 heavy (non-hydrogen) atoms. The second-order valence-electron chi connectivity index (χ2n) is 5.07. The number of imidazole rings is 1. The van der Waals surface area contributed by atoms with Gasteiger partial charge in [-0.15, -0.1) is 0 Å². The van der Waals surface area contributed by atoms with E-state index in [9.17, 15) is 10.0 Å². The zero-order valence-electron chi connectivity index (χ0n) is 11.7. The molecular weight excluding hydrogens is 270 g/mol. The molecule has 7 heteroatoms. The third-order valence-electron chi connectivity index (χ3n) is 3.60. The van der Waals surface area contributed by atoms with Crippen LogP contribution in [0.15, 0.2) is 29.7 Å². The Bertz CT molecular complexity index is 763. The summed E-state index contributed by atoms with van der Waals surface area (Å²) in [6, 6.07) is 5.79. The molecule has 1 aromatic heterocycles. The van der Waals surface area contributed by atoms with Crippen LogP contribution in [-0.2, 0) is 6.54 Å². The van der Waals surface area contributed by atoms with Crippen LogP contribution in [-0.4, -0.2) is 38.4 Å². The predicted octanol–water partition coefficient (Wildman–Crippen LogP) is 0.861. The fourth-order valence-corrected chi connectivity index (χ4v) is 2.61. The van der Waals surface area contributed by atoms with Crippen LogP contribution in [0.2, 0.25) is 0 Å². The fraction of sp³-hybridized carbons (Fsp3) is 0.214. The van der Waals surface area contributed by atoms with E-state index in [1.807, 2.05) is 29.7 Å². The van der Waals surface area contributed by atoms with E-state index in [0.717, 1.165) is 16.8 Å². The van der Waals surface area contributed by atoms with Gasteiger partial charge < -0.3 is 15.8 Å². The first kappa shape index (κ1) is 13.2. The molecule has 1 aliphatic heterocycles. The number of primary amides is 1. The van der Waals surface area contributed by atoms with Crippen LogP contribution in [0, 0.1) is 6.92 Å². The second kappa shape index (κ2) is 4.62. The lowest BCUT2D eigenvalue weighted by Crippen LogP contribution is -2.27. The molecule has 0 bridgehead atoms. The highest BCUT2D eigenvalue weighted by Gasteiger charge is 2.26. The maximum Gasteiger partial charge on any atom is 0.269 e. The van der Waals surface area contributed by atoms with Gasteiger partial charge in [0.2, 0.25) is 0 Å². The van der Waals surface area contributed by atoms with E-state index in [0.29, 0.717) is 18.1 Å². The number of hydrogen-bond acceptors (Lipinski definition) is 4. The number of benzene rings is 1. The van der Waals surface area contributed by atoms with E-state index in [4.69, 9.17) is 5.73 Å². The van der Waals surface area contributed by atoms with Crippen LogP contribution in [0.5, 0.6) is 0 Å². The van der Waals surface area contributed by atoms with Gasteiger partial charge in [-0.05, 0) is 19.1 Å². The smallest absolute Gasteiger partial charge is 0.269 e. The number of hydrogen-bond donors (Lipinski definition) is 2. The lowest BCUT2D eigenvalue weighted by Gasteiger charge is -2.17. The summed E-state index contributed by atoms with van der Waals surface area (Å²) in [4.78, 5) is 17.4. The van der Waals surface area contributed by atoms with Gasteiger partial charge in [0.25, 0.3) is 5.91 Å². The van der Waals surface area contributed by atoms with Crippen molar-refractivity contribution in [1.29, 1.82) is 0 Å². The van der Waals surface area contributed by atoms with Crippen molar-refractivity contribution in [3.05, 3.63) is 47.0 Å². The molecule has 0 atom stereocenters. The first-order valence-electron chi connectivity index (χ1n) is 6.43. The number of nitrogens with two attached hydrogens (primary N) is 1. The molecule has 0 radical (unpaired) electrons. The molecule has 0 fully saturated rings. The van der Waals surface area contributed by atoms with Crippen molar-refractivity contribution < 1.29 is 10.0 Å². The van der Waals surface area contributed by atoms with E-state index < -0.39 is 5.91 Å². The number of amidine groups is 1. The first-order chi connectivity index (χ1) is 10.0. The van der Waals surface area contributed by atoms with Gasteiger partial charge in [0.15, 0.2) is 11.5 Å². The molecule has 1 amide bonds. The Labute approximate surface area is 121 Å². The SMILES string of the molecule is Cc1ccc2c(c1)C(=NO)N(C)Cc1c(C(N)=O)ncn1-2. The van der Waals surface area contributed by atoms with Crippen molar-refractivity contribution in [3.8, 4) is 5.69 Å². The normalized spacial score (nSPS) is 15.5. The van der Waals surface area contributed by atoms with Gasteiger partial charge in [0.05, 0.1) is 17.9 Å². The van der Waals surface area contributed by atoms with Crippen LogP contribution < -0.4 is 5.73 Å². The molecule has 1 aliphatic rings. The highest BCUT2D eigenvalue weighted by atomic mass is 16.4. The summed E-state index contributed by atoms with van der Waals surface area (Å²) in [6.07, 6.45) is 1.57. The number of aromatic nitrogens is 2. The van der Waals surface area contributed by atoms with Gasteiger partial charge in [-0.2, -0.15) is 0 Å². The summed E-state index contributed by atoms with van der Waals surface area (Å²) in [6.45, 7) is 2.33. The quantitative estimate of drug-likeness (QED) is 0.600. The molecule has 3 N–H and O–H groups in total. The minimum atomic E-state index is -0.574. The van der Waals surface area contributed by atoms with Gasteiger partial charge in [-0.1, -0.05) is 16.8 Å². The Hall–Kier alpha value is -2.83. The minimum Gasteiger partial charge on any atom is -0.409 e. The molecule has 0 saturated heterocycles. The number of oxime groups is 1. The number of carbonyl (C=O) groups is 1. The van der Waals surface area contributed by atoms with E-state index in [-0.39, 0.29) is 5.69 Å². The highest BCUT2D eigenvalue weighted by molar-refractivity contribution is 6.02. The van der Waals surface area contributed by atoms with Gasteiger partial charge in [-0.3, -0.25) is 9.36 Å². The van der Waals surface area contributed by atoms with Crippen molar-refractivity contribution >= 4 is 11.7 Å². The number of nitrogens with zero attached hydrogens (tertiary/aromatic N) is 4. The maximum absolute atomic E-state index is 11.5. The number of aryl methyl sites for hydroxylation is 1. The Morgan fingerprint density at radius 1 is 1.48 bits per heavy atom. The topological polar surface area (TPSA) is 96.7 Å². The monoisotopic (exact) mass is 285 g/mol. The van der Waals surface area contributed by atoms with Gasteiger partial charge in [-0.25, -0.2) is 4.98 Å². The Morgan fingerprint density at radius 3 is 2.90 bits per heavy atom. The van der Waals surface area contributed by atoms with E-state index in [1.165, 1.54) is 0 Å². The number of rotatable bonds is 1. The van der Waals surface area contributed by atoms with E-state index >= 15 is 0 Å². The molecule has 1 aromatic carbocycles. The first-order valence-corrected chi connectivity index (χ1v) is 6.43. The van der Waals surface area contributed by atoms with Crippen LogP contribution in [0.3, 0.4) is 0 Å². The van der Waals surface area contributed by atoms with Crippen LogP contribution in [0.25, 0.3) is 5.69 Å². The Kier molecular flexibility index (Phi) is 2.90. The molecule has 0 saturated carbocycles. The second-order valence-corrected chi connectivity index (χ2v) is 5.07. The van der Waals surface area contributed by atoms with Crippen LogP contribution in [0.1, 0.15) is 27.3 Å². The predicted molar refractivity (Wildman–Crippen MR) is 76.6 cm³/mol. The van der Waals surface area contributed by atoms with Crippen molar-refractivity contribution in [2.75, 3.05) is 7.05 Å². The third kappa shape index (κ3) is 1.94. The zero-order valence-corrected chi connectivity index (χ0v) is 11.7. The van der Waals surface area contributed by atoms with Crippen LogP contribution >= 0.6 is 0 Å². The average molecular weight is 285 g/mol. The number of carbonyl (C=O) groups excluding carboxylic acids is 1. The van der Waals surface area contributed by atoms with Crippen molar-refractivity contribution in [2.24, 2.45) is 10.9 Å². The third-order valence-corrected chi connectivity index (χ3v) is 3.60. The van der Waals surface area contributed by atoms with Crippen LogP contribution in [0.4, 0.5) is 0 Å². The molecular formula is C14H15N5O2. The lowest BCUT2D eigenvalue weighted by atomic mass is 10.1. The van der Waals surface area contributed by atoms with E-state index in [2.05, 4.69) is 10.1 Å². The molecule has 2 heterocycles. The molecule has 7 nitrogen and oxygen atoms in total. The van der Waals surface area contributed by atoms with Crippen molar-refractivity contribution in [1.82, 2.24) is 14.5 Å². The fourth-order valence-electron chi connectivity index (χ4n) is 2.61. The zero-order chi connectivity index (χ0) is 15.1. The van der Waals surface area contributed by atoms with Crippen molar-refractivity contribution in [3.63, 3.8) is 0 Å². The van der Waals surface area contributed by atoms with E-state index in [1.54, 1.807) is 18.3 Å². The largest absolute Gasteiger partial charge is 0.409 e. The summed E-state index contributed by atoms with van der Waals surface area (Å²) in [5, 5.41) is 12.7. The average Bonchev–Trinajstić information content (AvgIpc) is 2.79. The van der Waals surface area contributed by atoms with Gasteiger partial charge in [0, 0.05) is 12.6 Å². The maximum atomic E-state index is 11.5. The number of fused-ring (bicyclic) bond motifs is 3. The summed E-state index contributed by atoms with van der Waals surface area (Å²) in [5.74, 6) is -0.136. The van der Waals surface area contributed by atoms with Gasteiger partial charge >= 0.3 is 0 Å². The standard InChI is InChI=1S/C14H15N5O2/c1-8-3-4-10-9(5-8)14(17-21)18(2)6-11-12(13(15)20)16-7-19(10)11/h3-5,7,21H,6H2,1-2H3,(H2,15,20). The number of amides is 1. The Morgan fingerprint density at radius 2 is 2.24 bits per heavy atom. The molecule has 0 spiro atoms. The molecule has 3 rings (SSSR count). The molecule has 108 valence electrons. The highest BCUT2D eigenvalue weighted by Crippen LogP contribution is 2.26. The Balaban J connectivity index is 2.33. The summed E-state index contributed by atoms with van der Waals surface area (Å²) in [5.41, 5.74) is 8.89. The van der Waals surface area contributed by atoms with Crippen molar-refractivity contribution in [2.45, 2.75) is 13.5 Å². The molecule has 2 aromatic rings. The minimum absolute atomic E-state index is 0.229.